The van der Waals surface area contributed by atoms with Gasteiger partial charge in [-0.3, -0.25) is 0 Å². The lowest BCUT2D eigenvalue weighted by molar-refractivity contribution is 0.225. The van der Waals surface area contributed by atoms with E-state index in [0.29, 0.717) is 6.04 Å². The molecule has 0 spiro atoms. The molecule has 2 rings (SSSR count). The molecular weight excluding hydrogens is 204 g/mol. The lowest BCUT2D eigenvalue weighted by atomic mass is 9.86. The largest absolute Gasteiger partial charge is 0.303 e. The second-order valence-electron chi connectivity index (χ2n) is 4.90. The van der Waals surface area contributed by atoms with E-state index in [4.69, 9.17) is 0 Å². The number of hydrogen-bond acceptors (Lipinski definition) is 3. The Morgan fingerprint density at radius 1 is 1.13 bits per heavy atom. The molecule has 0 bridgehead atoms. The molecule has 15 heavy (non-hydrogen) atoms. The zero-order valence-electron chi connectivity index (χ0n) is 9.32. The van der Waals surface area contributed by atoms with E-state index in [1.165, 1.54) is 58.2 Å². The monoisotopic (exact) mass is 224 g/mol. The second-order valence-corrected chi connectivity index (χ2v) is 5.09. The zero-order valence-corrected chi connectivity index (χ0v) is 10.1. The maximum absolute atomic E-state index is 4.65. The van der Waals surface area contributed by atoms with Gasteiger partial charge >= 0.3 is 0 Å². The van der Waals surface area contributed by atoms with Crippen LogP contribution in [-0.2, 0) is 0 Å². The quantitative estimate of drug-likeness (QED) is 0.541. The predicted octanol–water partition coefficient (Wildman–Crippen LogP) is 2.74. The van der Waals surface area contributed by atoms with Crippen molar-refractivity contribution in [3.05, 3.63) is 0 Å². The van der Waals surface area contributed by atoms with Gasteiger partial charge in [0.05, 0.1) is 11.2 Å². The predicted molar refractivity (Wildman–Crippen MR) is 66.4 cm³/mol. The van der Waals surface area contributed by atoms with Crippen molar-refractivity contribution in [1.29, 1.82) is 0 Å². The summed E-state index contributed by atoms with van der Waals surface area (Å²) in [6.45, 7) is 3.99. The summed E-state index contributed by atoms with van der Waals surface area (Å²) in [5.41, 5.74) is 0. The molecule has 0 radical (unpaired) electrons. The molecule has 3 heteroatoms. The average Bonchev–Trinajstić information content (AvgIpc) is 2.74. The van der Waals surface area contributed by atoms with Crippen LogP contribution in [0.3, 0.4) is 0 Å². The van der Waals surface area contributed by atoms with Crippen molar-refractivity contribution in [2.24, 2.45) is 10.9 Å². The van der Waals surface area contributed by atoms with Crippen molar-refractivity contribution in [3.63, 3.8) is 0 Å². The fourth-order valence-corrected chi connectivity index (χ4v) is 3.01. The van der Waals surface area contributed by atoms with Crippen molar-refractivity contribution in [2.45, 2.75) is 44.6 Å². The van der Waals surface area contributed by atoms with Gasteiger partial charge in [0, 0.05) is 6.54 Å². The molecule has 1 saturated carbocycles. The first-order valence-corrected chi connectivity index (χ1v) is 6.58. The molecule has 0 aromatic heterocycles. The Morgan fingerprint density at radius 2 is 1.80 bits per heavy atom. The smallest absolute Gasteiger partial charge is 0.0603 e. The molecular formula is C12H20N2S. The van der Waals surface area contributed by atoms with Gasteiger partial charge in [0.2, 0.25) is 0 Å². The van der Waals surface area contributed by atoms with Gasteiger partial charge in [-0.15, -0.1) is 0 Å². The van der Waals surface area contributed by atoms with Gasteiger partial charge in [0.15, 0.2) is 0 Å². The molecule has 1 saturated heterocycles. The number of nitrogens with zero attached hydrogens (tertiary/aromatic N) is 2. The standard InChI is InChI=1S/C12H20N2S/c15-10-13-12-5-3-11(4-6-12)9-14-7-1-2-8-14/h11-12H,1-9H2. The first-order valence-electron chi connectivity index (χ1n) is 6.18. The lowest BCUT2D eigenvalue weighted by Crippen LogP contribution is -2.30. The molecule has 0 aromatic carbocycles. The summed E-state index contributed by atoms with van der Waals surface area (Å²) in [5.74, 6) is 0.916. The third-order valence-electron chi connectivity index (χ3n) is 3.77. The van der Waals surface area contributed by atoms with Gasteiger partial charge in [-0.2, -0.15) is 0 Å². The van der Waals surface area contributed by atoms with Crippen molar-refractivity contribution in [1.82, 2.24) is 4.90 Å². The van der Waals surface area contributed by atoms with Crippen LogP contribution in [0.15, 0.2) is 4.99 Å². The van der Waals surface area contributed by atoms with Crippen LogP contribution in [0.1, 0.15) is 38.5 Å². The highest BCUT2D eigenvalue weighted by atomic mass is 32.1. The van der Waals surface area contributed by atoms with E-state index in [9.17, 15) is 0 Å². The van der Waals surface area contributed by atoms with E-state index in [1.54, 1.807) is 0 Å². The molecule has 0 amide bonds. The van der Waals surface area contributed by atoms with E-state index < -0.39 is 0 Å². The second kappa shape index (κ2) is 5.74. The molecule has 1 heterocycles. The van der Waals surface area contributed by atoms with Crippen LogP contribution in [0.25, 0.3) is 0 Å². The Bertz CT molecular complexity index is 234. The molecule has 0 aromatic rings. The molecule has 2 aliphatic rings. The number of aliphatic imine (C=N–C) groups is 1. The number of isothiocyanates is 1. The van der Waals surface area contributed by atoms with Crippen molar-refractivity contribution >= 4 is 17.4 Å². The number of thiocarbonyl (C=S) groups is 1. The molecule has 2 nitrogen and oxygen atoms in total. The minimum atomic E-state index is 0.484. The Kier molecular flexibility index (Phi) is 4.30. The molecule has 1 aliphatic heterocycles. The highest BCUT2D eigenvalue weighted by molar-refractivity contribution is 7.78. The molecule has 0 atom stereocenters. The molecule has 1 aliphatic carbocycles. The van der Waals surface area contributed by atoms with Crippen LogP contribution in [0, 0.1) is 5.92 Å². The maximum Gasteiger partial charge on any atom is 0.0603 e. The maximum atomic E-state index is 4.65. The number of rotatable bonds is 3. The van der Waals surface area contributed by atoms with E-state index in [1.807, 2.05) is 0 Å². The topological polar surface area (TPSA) is 15.6 Å². The highest BCUT2D eigenvalue weighted by Crippen LogP contribution is 2.27. The SMILES string of the molecule is S=C=NC1CCC(CN2CCCC2)CC1. The zero-order chi connectivity index (χ0) is 10.5. The van der Waals surface area contributed by atoms with Crippen LogP contribution in [0.4, 0.5) is 0 Å². The molecule has 84 valence electrons. The van der Waals surface area contributed by atoms with Gasteiger partial charge in [-0.1, -0.05) is 0 Å². The van der Waals surface area contributed by atoms with E-state index in [2.05, 4.69) is 27.3 Å². The van der Waals surface area contributed by atoms with E-state index in [-0.39, 0.29) is 0 Å². The summed E-state index contributed by atoms with van der Waals surface area (Å²) in [4.78, 5) is 6.83. The third kappa shape index (κ3) is 3.37. The van der Waals surface area contributed by atoms with Crippen LogP contribution in [0.5, 0.6) is 0 Å². The molecule has 0 N–H and O–H groups in total. The van der Waals surface area contributed by atoms with Crippen LogP contribution in [0.2, 0.25) is 0 Å². The Balaban J connectivity index is 1.70. The van der Waals surface area contributed by atoms with Gasteiger partial charge in [-0.05, 0) is 69.8 Å². The Morgan fingerprint density at radius 3 is 2.40 bits per heavy atom. The number of hydrogen-bond donors (Lipinski definition) is 0. The van der Waals surface area contributed by atoms with Crippen LogP contribution < -0.4 is 0 Å². The third-order valence-corrected chi connectivity index (χ3v) is 3.87. The summed E-state index contributed by atoms with van der Waals surface area (Å²) in [7, 11) is 0. The number of likely N-dealkylation sites (tertiary alicyclic amines) is 1. The summed E-state index contributed by atoms with van der Waals surface area (Å²) in [6.07, 6.45) is 7.93. The molecule has 2 fully saturated rings. The normalized spacial score (nSPS) is 32.5. The van der Waals surface area contributed by atoms with Crippen molar-refractivity contribution in [2.75, 3.05) is 19.6 Å². The minimum absolute atomic E-state index is 0.484. The Hall–Kier alpha value is -0.240. The summed E-state index contributed by atoms with van der Waals surface area (Å²) < 4.78 is 0. The molecule has 0 unspecified atom stereocenters. The van der Waals surface area contributed by atoms with E-state index in [0.717, 1.165) is 5.92 Å². The summed E-state index contributed by atoms with van der Waals surface area (Å²) in [5, 5.41) is 2.52. The fraction of sp³-hybridized carbons (Fsp3) is 0.917. The summed E-state index contributed by atoms with van der Waals surface area (Å²) in [6, 6.07) is 0.484. The van der Waals surface area contributed by atoms with Crippen molar-refractivity contribution < 1.29 is 0 Å². The van der Waals surface area contributed by atoms with Crippen LogP contribution in [-0.4, -0.2) is 35.7 Å². The van der Waals surface area contributed by atoms with Crippen molar-refractivity contribution in [3.8, 4) is 0 Å². The minimum Gasteiger partial charge on any atom is -0.303 e. The first-order chi connectivity index (χ1) is 7.38. The van der Waals surface area contributed by atoms with Gasteiger partial charge in [0.25, 0.3) is 0 Å². The van der Waals surface area contributed by atoms with E-state index >= 15 is 0 Å². The average molecular weight is 224 g/mol. The van der Waals surface area contributed by atoms with Gasteiger partial charge in [-0.25, -0.2) is 4.99 Å². The Labute approximate surface area is 97.8 Å². The summed E-state index contributed by atoms with van der Waals surface area (Å²) >= 11 is 4.65. The van der Waals surface area contributed by atoms with Gasteiger partial charge < -0.3 is 4.90 Å². The van der Waals surface area contributed by atoms with Crippen LogP contribution >= 0.6 is 12.2 Å². The lowest BCUT2D eigenvalue weighted by Gasteiger charge is -2.29. The highest BCUT2D eigenvalue weighted by Gasteiger charge is 2.23. The first kappa shape index (κ1) is 11.3. The van der Waals surface area contributed by atoms with Gasteiger partial charge in [0.1, 0.15) is 0 Å². The fourth-order valence-electron chi connectivity index (χ4n) is 2.86.